The lowest BCUT2D eigenvalue weighted by atomic mass is 9.85. The summed E-state index contributed by atoms with van der Waals surface area (Å²) in [6.45, 7) is 4.37. The van der Waals surface area contributed by atoms with Crippen LogP contribution in [0.1, 0.15) is 26.2 Å². The standard InChI is InChI=1S/C11H24N2O/c1-11(14,9-13(2)3)8-12-7-10-5-4-6-10/h10,12,14H,4-9H2,1-3H3. The fraction of sp³-hybridized carbons (Fsp3) is 1.00. The first-order valence-corrected chi connectivity index (χ1v) is 5.57. The number of rotatable bonds is 6. The first-order chi connectivity index (χ1) is 6.49. The lowest BCUT2D eigenvalue weighted by molar-refractivity contribution is 0.0323. The minimum absolute atomic E-state index is 0.604. The van der Waals surface area contributed by atoms with E-state index >= 15 is 0 Å². The third-order valence-corrected chi connectivity index (χ3v) is 2.82. The molecule has 0 aromatic heterocycles. The molecular weight excluding hydrogens is 176 g/mol. The molecule has 1 rings (SSSR count). The van der Waals surface area contributed by atoms with Crippen LogP contribution in [0.25, 0.3) is 0 Å². The smallest absolute Gasteiger partial charge is 0.0869 e. The molecule has 14 heavy (non-hydrogen) atoms. The third kappa shape index (κ3) is 4.40. The van der Waals surface area contributed by atoms with Crippen molar-refractivity contribution in [1.82, 2.24) is 10.2 Å². The van der Waals surface area contributed by atoms with Crippen LogP contribution in [0.5, 0.6) is 0 Å². The Balaban J connectivity index is 2.08. The Labute approximate surface area is 87.5 Å². The molecule has 1 aliphatic carbocycles. The van der Waals surface area contributed by atoms with Gasteiger partial charge in [0, 0.05) is 13.1 Å². The molecule has 1 fully saturated rings. The summed E-state index contributed by atoms with van der Waals surface area (Å²) < 4.78 is 0. The zero-order valence-corrected chi connectivity index (χ0v) is 9.71. The summed E-state index contributed by atoms with van der Waals surface area (Å²) in [5.74, 6) is 0.866. The second-order valence-corrected chi connectivity index (χ2v) is 5.16. The Hall–Kier alpha value is -0.120. The number of nitrogens with one attached hydrogen (secondary N) is 1. The Morgan fingerprint density at radius 1 is 1.43 bits per heavy atom. The van der Waals surface area contributed by atoms with E-state index in [0.717, 1.165) is 12.5 Å². The van der Waals surface area contributed by atoms with Crippen molar-refractivity contribution in [3.8, 4) is 0 Å². The maximum Gasteiger partial charge on any atom is 0.0869 e. The molecule has 0 saturated heterocycles. The van der Waals surface area contributed by atoms with Crippen LogP contribution in [0, 0.1) is 5.92 Å². The first-order valence-electron chi connectivity index (χ1n) is 5.57. The highest BCUT2D eigenvalue weighted by atomic mass is 16.3. The Kier molecular flexibility index (Phi) is 4.35. The van der Waals surface area contributed by atoms with E-state index in [9.17, 15) is 5.11 Å². The number of hydrogen-bond acceptors (Lipinski definition) is 3. The van der Waals surface area contributed by atoms with Crippen molar-refractivity contribution in [2.45, 2.75) is 31.8 Å². The van der Waals surface area contributed by atoms with Crippen molar-refractivity contribution < 1.29 is 5.11 Å². The maximum absolute atomic E-state index is 9.98. The van der Waals surface area contributed by atoms with Crippen molar-refractivity contribution in [2.24, 2.45) is 5.92 Å². The molecule has 1 aliphatic rings. The van der Waals surface area contributed by atoms with E-state index in [1.54, 1.807) is 0 Å². The molecule has 0 spiro atoms. The predicted octanol–water partition coefficient (Wildman–Crippen LogP) is 0.689. The quantitative estimate of drug-likeness (QED) is 0.662. The average molecular weight is 200 g/mol. The highest BCUT2D eigenvalue weighted by molar-refractivity contribution is 4.80. The van der Waals surface area contributed by atoms with Crippen molar-refractivity contribution in [3.63, 3.8) is 0 Å². The molecule has 0 amide bonds. The van der Waals surface area contributed by atoms with E-state index in [0.29, 0.717) is 13.1 Å². The molecule has 1 saturated carbocycles. The second-order valence-electron chi connectivity index (χ2n) is 5.16. The summed E-state index contributed by atoms with van der Waals surface area (Å²) in [5, 5.41) is 13.3. The van der Waals surface area contributed by atoms with Crippen LogP contribution >= 0.6 is 0 Å². The zero-order chi connectivity index (χ0) is 10.6. The molecule has 0 aliphatic heterocycles. The molecule has 84 valence electrons. The lowest BCUT2D eigenvalue weighted by Crippen LogP contribution is -2.46. The lowest BCUT2D eigenvalue weighted by Gasteiger charge is -2.30. The predicted molar refractivity (Wildman–Crippen MR) is 59.4 cm³/mol. The Bertz CT molecular complexity index is 165. The van der Waals surface area contributed by atoms with E-state index in [2.05, 4.69) is 5.32 Å². The van der Waals surface area contributed by atoms with Crippen LogP contribution in [-0.2, 0) is 0 Å². The first kappa shape index (κ1) is 12.0. The number of hydrogen-bond donors (Lipinski definition) is 2. The van der Waals surface area contributed by atoms with Crippen LogP contribution < -0.4 is 5.32 Å². The summed E-state index contributed by atoms with van der Waals surface area (Å²) >= 11 is 0. The van der Waals surface area contributed by atoms with Gasteiger partial charge < -0.3 is 15.3 Å². The van der Waals surface area contributed by atoms with Crippen LogP contribution in [0.15, 0.2) is 0 Å². The normalized spacial score (nSPS) is 22.1. The van der Waals surface area contributed by atoms with Crippen LogP contribution in [0.2, 0.25) is 0 Å². The fourth-order valence-electron chi connectivity index (χ4n) is 1.98. The maximum atomic E-state index is 9.98. The van der Waals surface area contributed by atoms with Crippen LogP contribution in [0.3, 0.4) is 0 Å². The summed E-state index contributed by atoms with van der Waals surface area (Å²) in [6, 6.07) is 0. The van der Waals surface area contributed by atoms with Gasteiger partial charge in [0.1, 0.15) is 0 Å². The molecule has 0 bridgehead atoms. The molecule has 0 heterocycles. The molecule has 2 N–H and O–H groups in total. The second kappa shape index (κ2) is 5.10. The Morgan fingerprint density at radius 3 is 2.50 bits per heavy atom. The summed E-state index contributed by atoms with van der Waals surface area (Å²) in [6.07, 6.45) is 4.12. The highest BCUT2D eigenvalue weighted by Crippen LogP contribution is 2.25. The van der Waals surface area contributed by atoms with Crippen molar-refractivity contribution in [3.05, 3.63) is 0 Å². The molecule has 3 heteroatoms. The van der Waals surface area contributed by atoms with E-state index in [4.69, 9.17) is 0 Å². The van der Waals surface area contributed by atoms with Gasteiger partial charge in [-0.25, -0.2) is 0 Å². The minimum atomic E-state index is -0.604. The average Bonchev–Trinajstić information content (AvgIpc) is 1.91. The van der Waals surface area contributed by atoms with Gasteiger partial charge in [-0.3, -0.25) is 0 Å². The van der Waals surface area contributed by atoms with Gasteiger partial charge in [0.15, 0.2) is 0 Å². The molecule has 0 radical (unpaired) electrons. The fourth-order valence-corrected chi connectivity index (χ4v) is 1.98. The highest BCUT2D eigenvalue weighted by Gasteiger charge is 2.22. The molecule has 1 unspecified atom stereocenters. The summed E-state index contributed by atoms with van der Waals surface area (Å²) in [7, 11) is 3.97. The molecular formula is C11H24N2O. The zero-order valence-electron chi connectivity index (χ0n) is 9.71. The Morgan fingerprint density at radius 2 is 2.07 bits per heavy atom. The van der Waals surface area contributed by atoms with Gasteiger partial charge in [0.2, 0.25) is 0 Å². The van der Waals surface area contributed by atoms with Gasteiger partial charge in [-0.1, -0.05) is 6.42 Å². The van der Waals surface area contributed by atoms with Gasteiger partial charge in [0.25, 0.3) is 0 Å². The number of nitrogens with zero attached hydrogens (tertiary/aromatic N) is 1. The van der Waals surface area contributed by atoms with E-state index in [1.165, 1.54) is 19.3 Å². The molecule has 1 atom stereocenters. The monoisotopic (exact) mass is 200 g/mol. The third-order valence-electron chi connectivity index (χ3n) is 2.82. The topological polar surface area (TPSA) is 35.5 Å². The van der Waals surface area contributed by atoms with Crippen molar-refractivity contribution in [1.29, 1.82) is 0 Å². The van der Waals surface area contributed by atoms with Crippen LogP contribution in [0.4, 0.5) is 0 Å². The molecule has 3 nitrogen and oxygen atoms in total. The van der Waals surface area contributed by atoms with Crippen molar-refractivity contribution >= 4 is 0 Å². The van der Waals surface area contributed by atoms with Crippen molar-refractivity contribution in [2.75, 3.05) is 33.7 Å². The van der Waals surface area contributed by atoms with Gasteiger partial charge in [-0.2, -0.15) is 0 Å². The van der Waals surface area contributed by atoms with Gasteiger partial charge >= 0.3 is 0 Å². The van der Waals surface area contributed by atoms with E-state index in [1.807, 2.05) is 25.9 Å². The largest absolute Gasteiger partial charge is 0.388 e. The molecule has 0 aromatic rings. The summed E-state index contributed by atoms with van der Waals surface area (Å²) in [5.41, 5.74) is -0.604. The number of likely N-dealkylation sites (N-methyl/N-ethyl adjacent to an activating group) is 1. The van der Waals surface area contributed by atoms with Gasteiger partial charge in [-0.15, -0.1) is 0 Å². The van der Waals surface area contributed by atoms with Gasteiger partial charge in [-0.05, 0) is 46.3 Å². The SMILES string of the molecule is CN(C)CC(C)(O)CNCC1CCC1. The minimum Gasteiger partial charge on any atom is -0.388 e. The number of aliphatic hydroxyl groups is 1. The molecule has 0 aromatic carbocycles. The van der Waals surface area contributed by atoms with E-state index in [-0.39, 0.29) is 0 Å². The van der Waals surface area contributed by atoms with Gasteiger partial charge in [0.05, 0.1) is 5.60 Å². The summed E-state index contributed by atoms with van der Waals surface area (Å²) in [4.78, 5) is 2.02. The van der Waals surface area contributed by atoms with E-state index < -0.39 is 5.60 Å². The van der Waals surface area contributed by atoms with Crippen LogP contribution in [-0.4, -0.2) is 49.3 Å².